The van der Waals surface area contributed by atoms with Crippen LogP contribution in [0, 0.1) is 6.92 Å². The maximum Gasteiger partial charge on any atom is 0.224 e. The van der Waals surface area contributed by atoms with Crippen LogP contribution in [-0.4, -0.2) is 17.6 Å². The molecule has 0 unspecified atom stereocenters. The van der Waals surface area contributed by atoms with Gasteiger partial charge in [-0.1, -0.05) is 13.8 Å². The first-order valence-corrected chi connectivity index (χ1v) is 6.93. The molecule has 1 heterocycles. The van der Waals surface area contributed by atoms with Crippen molar-refractivity contribution in [3.8, 4) is 0 Å². The minimum Gasteiger partial charge on any atom is -0.326 e. The summed E-state index contributed by atoms with van der Waals surface area (Å²) in [5, 5.41) is 2.92. The monoisotopic (exact) mass is 279 g/mol. The van der Waals surface area contributed by atoms with Crippen LogP contribution in [0.1, 0.15) is 48.2 Å². The fourth-order valence-electron chi connectivity index (χ4n) is 2.52. The van der Waals surface area contributed by atoms with E-state index in [-0.39, 0.29) is 23.0 Å². The summed E-state index contributed by atoms with van der Waals surface area (Å²) >= 11 is 5.65. The topological polar surface area (TPSA) is 46.2 Å². The van der Waals surface area contributed by atoms with E-state index in [1.165, 1.54) is 0 Å². The number of nitrogens with one attached hydrogen (secondary N) is 1. The Kier molecular flexibility index (Phi) is 3.68. The Morgan fingerprint density at radius 3 is 2.74 bits per heavy atom. The molecule has 0 aromatic heterocycles. The van der Waals surface area contributed by atoms with Gasteiger partial charge in [0.05, 0.1) is 5.88 Å². The smallest absolute Gasteiger partial charge is 0.224 e. The van der Waals surface area contributed by atoms with Crippen LogP contribution in [0.25, 0.3) is 0 Å². The average Bonchev–Trinajstić information content (AvgIpc) is 2.45. The minimum absolute atomic E-state index is 0.0214. The van der Waals surface area contributed by atoms with Crippen LogP contribution < -0.4 is 5.32 Å². The number of aryl methyl sites for hydroxylation is 1. The summed E-state index contributed by atoms with van der Waals surface area (Å²) in [6.07, 6.45) is 1.27. The second-order valence-corrected chi connectivity index (χ2v) is 5.97. The number of anilines is 1. The molecule has 1 N–H and O–H groups in total. The lowest BCUT2D eigenvalue weighted by Gasteiger charge is -2.25. The van der Waals surface area contributed by atoms with Gasteiger partial charge in [0.15, 0.2) is 5.78 Å². The number of Topliss-reactive ketones (excluding diaryl/α,β-unsaturated/α-hetero) is 1. The minimum atomic E-state index is -0.135. The molecule has 1 aromatic carbocycles. The Morgan fingerprint density at radius 1 is 1.42 bits per heavy atom. The maximum atomic E-state index is 11.9. The van der Waals surface area contributed by atoms with E-state index in [1.54, 1.807) is 0 Å². The number of ketones is 1. The molecular weight excluding hydrogens is 262 g/mol. The van der Waals surface area contributed by atoms with Gasteiger partial charge in [0.1, 0.15) is 0 Å². The molecule has 0 radical (unpaired) electrons. The number of benzene rings is 1. The van der Waals surface area contributed by atoms with Gasteiger partial charge in [0, 0.05) is 17.7 Å². The SMILES string of the molecule is Cc1cc2c(cc1C(=O)CCl)C(C)(C)CCC(=O)N2. The molecule has 0 saturated carbocycles. The molecule has 1 aliphatic heterocycles. The predicted octanol–water partition coefficient (Wildman–Crippen LogP) is 3.43. The van der Waals surface area contributed by atoms with Crippen LogP contribution >= 0.6 is 11.6 Å². The Balaban J connectivity index is 2.61. The number of hydrogen-bond donors (Lipinski definition) is 1. The lowest BCUT2D eigenvalue weighted by Crippen LogP contribution is -2.18. The highest BCUT2D eigenvalue weighted by Crippen LogP contribution is 2.38. The second kappa shape index (κ2) is 4.97. The lowest BCUT2D eigenvalue weighted by molar-refractivity contribution is -0.116. The maximum absolute atomic E-state index is 11.9. The number of carbonyl (C=O) groups is 2. The van der Waals surface area contributed by atoms with E-state index >= 15 is 0 Å². The molecule has 0 spiro atoms. The zero-order valence-corrected chi connectivity index (χ0v) is 12.2. The summed E-state index contributed by atoms with van der Waals surface area (Å²) in [7, 11) is 0. The van der Waals surface area contributed by atoms with Gasteiger partial charge in [-0.25, -0.2) is 0 Å². The zero-order chi connectivity index (χ0) is 14.2. The van der Waals surface area contributed by atoms with Gasteiger partial charge < -0.3 is 5.32 Å². The number of alkyl halides is 1. The Hall–Kier alpha value is -1.35. The quantitative estimate of drug-likeness (QED) is 0.666. The largest absolute Gasteiger partial charge is 0.326 e. The van der Waals surface area contributed by atoms with Crippen molar-refractivity contribution in [2.75, 3.05) is 11.2 Å². The molecule has 3 nitrogen and oxygen atoms in total. The summed E-state index contributed by atoms with van der Waals surface area (Å²) in [6, 6.07) is 3.76. The average molecular weight is 280 g/mol. The summed E-state index contributed by atoms with van der Waals surface area (Å²) in [5.74, 6) is -0.0668. The number of rotatable bonds is 2. The summed E-state index contributed by atoms with van der Waals surface area (Å²) in [5.41, 5.74) is 3.19. The van der Waals surface area contributed by atoms with Crippen molar-refractivity contribution >= 4 is 29.0 Å². The van der Waals surface area contributed by atoms with Gasteiger partial charge in [-0.05, 0) is 42.0 Å². The molecule has 1 aliphatic rings. The van der Waals surface area contributed by atoms with Gasteiger partial charge >= 0.3 is 0 Å². The van der Waals surface area contributed by atoms with Crippen molar-refractivity contribution in [3.05, 3.63) is 28.8 Å². The fraction of sp³-hybridized carbons (Fsp3) is 0.467. The Labute approximate surface area is 118 Å². The normalized spacial score (nSPS) is 17.4. The Morgan fingerprint density at radius 2 is 2.11 bits per heavy atom. The molecule has 0 bridgehead atoms. The third-order valence-electron chi connectivity index (χ3n) is 3.77. The van der Waals surface area contributed by atoms with Gasteiger partial charge in [-0.3, -0.25) is 9.59 Å². The molecule has 1 aromatic rings. The van der Waals surface area contributed by atoms with Crippen LogP contribution in [0.5, 0.6) is 0 Å². The number of hydrogen-bond acceptors (Lipinski definition) is 2. The summed E-state index contributed by atoms with van der Waals surface area (Å²) in [4.78, 5) is 23.6. The number of halogens is 1. The first-order chi connectivity index (χ1) is 8.85. The van der Waals surface area contributed by atoms with Gasteiger partial charge in [0.2, 0.25) is 5.91 Å². The van der Waals surface area contributed by atoms with Crippen molar-refractivity contribution in [1.29, 1.82) is 0 Å². The van der Waals surface area contributed by atoms with Crippen LogP contribution in [0.15, 0.2) is 12.1 Å². The highest BCUT2D eigenvalue weighted by atomic mass is 35.5. The van der Waals surface area contributed by atoms with Crippen molar-refractivity contribution in [1.82, 2.24) is 0 Å². The fourth-order valence-corrected chi connectivity index (χ4v) is 2.66. The van der Waals surface area contributed by atoms with E-state index in [4.69, 9.17) is 11.6 Å². The first kappa shape index (κ1) is 14.1. The molecule has 4 heteroatoms. The van der Waals surface area contributed by atoms with E-state index in [2.05, 4.69) is 19.2 Å². The molecule has 0 saturated heterocycles. The molecular formula is C15H18ClNO2. The van der Waals surface area contributed by atoms with Gasteiger partial charge in [-0.15, -0.1) is 11.6 Å². The van der Waals surface area contributed by atoms with Crippen molar-refractivity contribution in [2.24, 2.45) is 0 Å². The highest BCUT2D eigenvalue weighted by Gasteiger charge is 2.29. The molecule has 19 heavy (non-hydrogen) atoms. The van der Waals surface area contributed by atoms with E-state index in [9.17, 15) is 9.59 Å². The third-order valence-corrected chi connectivity index (χ3v) is 4.01. The van der Waals surface area contributed by atoms with Crippen LogP contribution in [0.4, 0.5) is 5.69 Å². The number of amides is 1. The molecule has 2 rings (SSSR count). The van der Waals surface area contributed by atoms with E-state index in [0.29, 0.717) is 12.0 Å². The molecule has 0 atom stereocenters. The molecule has 102 valence electrons. The summed E-state index contributed by atoms with van der Waals surface area (Å²) in [6.45, 7) is 6.05. The lowest BCUT2D eigenvalue weighted by atomic mass is 9.79. The summed E-state index contributed by atoms with van der Waals surface area (Å²) < 4.78 is 0. The zero-order valence-electron chi connectivity index (χ0n) is 11.5. The van der Waals surface area contributed by atoms with Crippen LogP contribution in [0.2, 0.25) is 0 Å². The van der Waals surface area contributed by atoms with E-state index in [0.717, 1.165) is 23.2 Å². The second-order valence-electron chi connectivity index (χ2n) is 5.70. The van der Waals surface area contributed by atoms with Crippen LogP contribution in [0.3, 0.4) is 0 Å². The number of carbonyl (C=O) groups excluding carboxylic acids is 2. The standard InChI is InChI=1S/C15H18ClNO2/c1-9-6-12-11(7-10(9)13(18)8-16)15(2,3)5-4-14(19)17-12/h6-7H,4-5,8H2,1-3H3,(H,17,19). The highest BCUT2D eigenvalue weighted by molar-refractivity contribution is 6.30. The predicted molar refractivity (Wildman–Crippen MR) is 77.1 cm³/mol. The number of fused-ring (bicyclic) bond motifs is 1. The third kappa shape index (κ3) is 2.66. The molecule has 0 fully saturated rings. The van der Waals surface area contributed by atoms with Gasteiger partial charge in [0.25, 0.3) is 0 Å². The first-order valence-electron chi connectivity index (χ1n) is 6.39. The van der Waals surface area contributed by atoms with Gasteiger partial charge in [-0.2, -0.15) is 0 Å². The van der Waals surface area contributed by atoms with Crippen LogP contribution in [-0.2, 0) is 10.2 Å². The Bertz CT molecular complexity index is 549. The van der Waals surface area contributed by atoms with Crippen molar-refractivity contribution < 1.29 is 9.59 Å². The molecule has 0 aliphatic carbocycles. The molecule has 1 amide bonds. The van der Waals surface area contributed by atoms with E-state index < -0.39 is 0 Å². The van der Waals surface area contributed by atoms with Crippen molar-refractivity contribution in [2.45, 2.75) is 39.0 Å². The van der Waals surface area contributed by atoms with Crippen molar-refractivity contribution in [3.63, 3.8) is 0 Å². The van der Waals surface area contributed by atoms with E-state index in [1.807, 2.05) is 19.1 Å².